The molecule has 0 aliphatic carbocycles. The third-order valence-electron chi connectivity index (χ3n) is 4.51. The highest BCUT2D eigenvalue weighted by atomic mass is 32.2. The molecule has 22 heavy (non-hydrogen) atoms. The molecule has 8 heteroatoms. The Bertz CT molecular complexity index is 526. The second kappa shape index (κ2) is 6.95. The molecule has 7 nitrogen and oxygen atoms in total. The lowest BCUT2D eigenvalue weighted by molar-refractivity contribution is -0.134. The van der Waals surface area contributed by atoms with Crippen molar-refractivity contribution in [2.45, 2.75) is 38.6 Å². The Kier molecular flexibility index (Phi) is 5.44. The van der Waals surface area contributed by atoms with E-state index in [2.05, 4.69) is 5.32 Å². The number of nitrogens with one attached hydrogen (secondary N) is 1. The van der Waals surface area contributed by atoms with Crippen LogP contribution in [0.3, 0.4) is 0 Å². The first kappa shape index (κ1) is 17.2. The van der Waals surface area contributed by atoms with Crippen molar-refractivity contribution in [2.24, 2.45) is 5.92 Å². The number of sulfonamides is 1. The molecule has 2 rings (SSSR count). The van der Waals surface area contributed by atoms with E-state index >= 15 is 0 Å². The summed E-state index contributed by atoms with van der Waals surface area (Å²) in [5.41, 5.74) is 0. The number of piperidine rings is 2. The molecule has 2 heterocycles. The third kappa shape index (κ3) is 4.42. The van der Waals surface area contributed by atoms with Crippen molar-refractivity contribution in [3.05, 3.63) is 0 Å². The Morgan fingerprint density at radius 1 is 1.09 bits per heavy atom. The van der Waals surface area contributed by atoms with Crippen molar-refractivity contribution in [2.75, 3.05) is 32.4 Å². The Balaban J connectivity index is 1.82. The molecule has 126 valence electrons. The van der Waals surface area contributed by atoms with Crippen LogP contribution in [-0.2, 0) is 19.6 Å². The fraction of sp³-hybridized carbons (Fsp3) is 0.857. The second-order valence-corrected chi connectivity index (χ2v) is 8.23. The second-order valence-electron chi connectivity index (χ2n) is 6.25. The third-order valence-corrected chi connectivity index (χ3v) is 5.81. The zero-order valence-corrected chi connectivity index (χ0v) is 14.1. The Morgan fingerprint density at radius 3 is 2.27 bits per heavy atom. The molecule has 1 N–H and O–H groups in total. The zero-order valence-electron chi connectivity index (χ0n) is 13.2. The summed E-state index contributed by atoms with van der Waals surface area (Å²) in [4.78, 5) is 25.5. The zero-order chi connectivity index (χ0) is 16.3. The molecule has 0 aromatic carbocycles. The lowest BCUT2D eigenvalue weighted by Gasteiger charge is -2.34. The number of hydrogen-bond acceptors (Lipinski definition) is 4. The predicted octanol–water partition coefficient (Wildman–Crippen LogP) is -0.215. The highest BCUT2D eigenvalue weighted by Gasteiger charge is 2.30. The number of carbonyl (C=O) groups is 2. The summed E-state index contributed by atoms with van der Waals surface area (Å²) in [6.45, 7) is 3.65. The molecular formula is C14H25N3O4S. The van der Waals surface area contributed by atoms with E-state index in [1.807, 2.05) is 0 Å². The molecule has 0 saturated carbocycles. The summed E-state index contributed by atoms with van der Waals surface area (Å²) in [5.74, 6) is -0.145. The van der Waals surface area contributed by atoms with Crippen molar-refractivity contribution in [3.8, 4) is 0 Å². The highest BCUT2D eigenvalue weighted by molar-refractivity contribution is 7.88. The number of amides is 2. The summed E-state index contributed by atoms with van der Waals surface area (Å²) < 4.78 is 24.4. The Labute approximate surface area is 132 Å². The fourth-order valence-corrected chi connectivity index (χ4v) is 4.00. The van der Waals surface area contributed by atoms with Crippen LogP contribution in [0.15, 0.2) is 0 Å². The van der Waals surface area contributed by atoms with E-state index in [-0.39, 0.29) is 23.8 Å². The predicted molar refractivity (Wildman–Crippen MR) is 82.6 cm³/mol. The Morgan fingerprint density at radius 2 is 1.73 bits per heavy atom. The smallest absolute Gasteiger partial charge is 0.225 e. The summed E-state index contributed by atoms with van der Waals surface area (Å²) >= 11 is 0. The number of rotatable bonds is 3. The minimum Gasteiger partial charge on any atom is -0.353 e. The summed E-state index contributed by atoms with van der Waals surface area (Å²) in [7, 11) is -3.14. The van der Waals surface area contributed by atoms with E-state index in [4.69, 9.17) is 0 Å². The highest BCUT2D eigenvalue weighted by Crippen LogP contribution is 2.19. The van der Waals surface area contributed by atoms with Gasteiger partial charge in [0.15, 0.2) is 0 Å². The summed E-state index contributed by atoms with van der Waals surface area (Å²) in [5, 5.41) is 3.02. The van der Waals surface area contributed by atoms with Gasteiger partial charge in [-0.15, -0.1) is 0 Å². The maximum atomic E-state index is 12.3. The van der Waals surface area contributed by atoms with Crippen molar-refractivity contribution in [3.63, 3.8) is 0 Å². The van der Waals surface area contributed by atoms with Crippen molar-refractivity contribution >= 4 is 21.8 Å². The molecule has 2 aliphatic rings. The minimum atomic E-state index is -3.14. The summed E-state index contributed by atoms with van der Waals surface area (Å²) in [6.07, 6.45) is 4.15. The van der Waals surface area contributed by atoms with Crippen molar-refractivity contribution in [1.82, 2.24) is 14.5 Å². The molecule has 2 aliphatic heterocycles. The van der Waals surface area contributed by atoms with Gasteiger partial charge in [-0.05, 0) is 25.7 Å². The molecule has 2 saturated heterocycles. The SMILES string of the molecule is CC(=O)N1CCC[C@H](C(=O)NC2CCN(S(C)(=O)=O)CC2)C1. The van der Waals surface area contributed by atoms with Gasteiger partial charge in [0.05, 0.1) is 12.2 Å². The lowest BCUT2D eigenvalue weighted by Crippen LogP contribution is -2.50. The van der Waals surface area contributed by atoms with Crippen LogP contribution in [-0.4, -0.2) is 67.9 Å². The van der Waals surface area contributed by atoms with Crippen LogP contribution in [0, 0.1) is 5.92 Å². The maximum Gasteiger partial charge on any atom is 0.225 e. The maximum absolute atomic E-state index is 12.3. The molecular weight excluding hydrogens is 306 g/mol. The Hall–Kier alpha value is -1.15. The van der Waals surface area contributed by atoms with Gasteiger partial charge in [0.2, 0.25) is 21.8 Å². The van der Waals surface area contributed by atoms with Gasteiger partial charge >= 0.3 is 0 Å². The molecule has 0 bridgehead atoms. The largest absolute Gasteiger partial charge is 0.353 e. The van der Waals surface area contributed by atoms with Gasteiger partial charge in [0.1, 0.15) is 0 Å². The van der Waals surface area contributed by atoms with Gasteiger partial charge in [-0.3, -0.25) is 9.59 Å². The van der Waals surface area contributed by atoms with Crippen molar-refractivity contribution in [1.29, 1.82) is 0 Å². The van der Waals surface area contributed by atoms with Crippen LogP contribution in [0.4, 0.5) is 0 Å². The minimum absolute atomic E-state index is 0.0104. The molecule has 0 unspecified atom stereocenters. The number of nitrogens with zero attached hydrogens (tertiary/aromatic N) is 2. The van der Waals surface area contributed by atoms with Crippen LogP contribution in [0.2, 0.25) is 0 Å². The van der Waals surface area contributed by atoms with Gasteiger partial charge < -0.3 is 10.2 Å². The van der Waals surface area contributed by atoms with E-state index in [0.29, 0.717) is 32.5 Å². The van der Waals surface area contributed by atoms with Crippen LogP contribution < -0.4 is 5.32 Å². The quantitative estimate of drug-likeness (QED) is 0.775. The van der Waals surface area contributed by atoms with Crippen LogP contribution in [0.5, 0.6) is 0 Å². The molecule has 2 amide bonds. The van der Waals surface area contributed by atoms with Gasteiger partial charge in [-0.2, -0.15) is 0 Å². The van der Waals surface area contributed by atoms with E-state index < -0.39 is 10.0 Å². The van der Waals surface area contributed by atoms with Gasteiger partial charge in [0, 0.05) is 39.1 Å². The normalized spacial score (nSPS) is 25.0. The van der Waals surface area contributed by atoms with E-state index in [1.54, 1.807) is 4.90 Å². The van der Waals surface area contributed by atoms with Gasteiger partial charge in [0.25, 0.3) is 0 Å². The average Bonchev–Trinajstić information content (AvgIpc) is 2.47. The van der Waals surface area contributed by atoms with Crippen molar-refractivity contribution < 1.29 is 18.0 Å². The number of hydrogen-bond donors (Lipinski definition) is 1. The average molecular weight is 331 g/mol. The molecule has 0 radical (unpaired) electrons. The fourth-order valence-electron chi connectivity index (χ4n) is 3.13. The molecule has 0 spiro atoms. The standard InChI is InChI=1S/C14H25N3O4S/c1-11(18)16-7-3-4-12(10-16)14(19)15-13-5-8-17(9-6-13)22(2,20)21/h12-13H,3-10H2,1-2H3,(H,15,19)/t12-/m0/s1. The first-order valence-corrected chi connectivity index (χ1v) is 9.63. The number of likely N-dealkylation sites (tertiary alicyclic amines) is 1. The van der Waals surface area contributed by atoms with Gasteiger partial charge in [-0.1, -0.05) is 0 Å². The first-order chi connectivity index (χ1) is 10.3. The lowest BCUT2D eigenvalue weighted by atomic mass is 9.96. The molecule has 2 fully saturated rings. The van der Waals surface area contributed by atoms with Gasteiger partial charge in [-0.25, -0.2) is 12.7 Å². The van der Waals surface area contributed by atoms with Crippen LogP contribution >= 0.6 is 0 Å². The molecule has 0 aromatic rings. The topological polar surface area (TPSA) is 86.8 Å². The van der Waals surface area contributed by atoms with Crippen LogP contribution in [0.1, 0.15) is 32.6 Å². The van der Waals surface area contributed by atoms with E-state index in [0.717, 1.165) is 19.4 Å². The van der Waals surface area contributed by atoms with E-state index in [9.17, 15) is 18.0 Å². The van der Waals surface area contributed by atoms with Crippen LogP contribution in [0.25, 0.3) is 0 Å². The van der Waals surface area contributed by atoms with E-state index in [1.165, 1.54) is 17.5 Å². The monoisotopic (exact) mass is 331 g/mol. The molecule has 0 aromatic heterocycles. The molecule has 1 atom stereocenters. The summed E-state index contributed by atoms with van der Waals surface area (Å²) in [6, 6.07) is 0.0261. The number of carbonyl (C=O) groups excluding carboxylic acids is 2. The first-order valence-electron chi connectivity index (χ1n) is 7.78.